The molecule has 2 rings (SSSR count). The summed E-state index contributed by atoms with van der Waals surface area (Å²) < 4.78 is 14.5. The second kappa shape index (κ2) is 5.49. The van der Waals surface area contributed by atoms with Gasteiger partial charge in [-0.15, -0.1) is 0 Å². The smallest absolute Gasteiger partial charge is 0.250 e. The van der Waals surface area contributed by atoms with E-state index in [0.717, 1.165) is 0 Å². The van der Waals surface area contributed by atoms with Crippen molar-refractivity contribution >= 4 is 0 Å². The minimum absolute atomic E-state index is 0.0597. The van der Waals surface area contributed by atoms with Crippen molar-refractivity contribution < 1.29 is 4.39 Å². The Hall–Kier alpha value is -2.41. The molecule has 96 valence electrons. The molecule has 0 aromatic carbocycles. The van der Waals surface area contributed by atoms with Gasteiger partial charge in [0.25, 0.3) is 5.56 Å². The van der Waals surface area contributed by atoms with Gasteiger partial charge in [0, 0.05) is 41.7 Å². The predicted octanol–water partition coefficient (Wildman–Crippen LogP) is 2.36. The first-order chi connectivity index (χ1) is 9.06. The molecule has 0 saturated heterocycles. The Morgan fingerprint density at radius 3 is 2.63 bits per heavy atom. The van der Waals surface area contributed by atoms with E-state index in [-0.39, 0.29) is 11.6 Å². The van der Waals surface area contributed by atoms with Crippen LogP contribution in [-0.4, -0.2) is 9.55 Å². The van der Waals surface area contributed by atoms with E-state index in [0.29, 0.717) is 11.1 Å². The van der Waals surface area contributed by atoms with Crippen molar-refractivity contribution in [1.82, 2.24) is 9.55 Å². The molecule has 0 fully saturated rings. The van der Waals surface area contributed by atoms with Crippen LogP contribution in [0.15, 0.2) is 41.5 Å². The second-order valence-corrected chi connectivity index (χ2v) is 4.37. The fraction of sp³-hybridized carbons (Fsp3) is 0.200. The first-order valence-corrected chi connectivity index (χ1v) is 5.92. The molecular formula is C15H13FN2O. The average molecular weight is 256 g/mol. The Morgan fingerprint density at radius 2 is 1.95 bits per heavy atom. The van der Waals surface area contributed by atoms with Gasteiger partial charge in [-0.3, -0.25) is 4.79 Å². The van der Waals surface area contributed by atoms with Crippen molar-refractivity contribution in [3.8, 4) is 11.8 Å². The summed E-state index contributed by atoms with van der Waals surface area (Å²) in [7, 11) is 0. The maximum Gasteiger partial charge on any atom is 0.250 e. The van der Waals surface area contributed by atoms with Crippen molar-refractivity contribution in [2.24, 2.45) is 0 Å². The van der Waals surface area contributed by atoms with E-state index in [2.05, 4.69) is 16.8 Å². The second-order valence-electron chi connectivity index (χ2n) is 4.37. The summed E-state index contributed by atoms with van der Waals surface area (Å²) in [5, 5.41) is 0. The zero-order valence-electron chi connectivity index (χ0n) is 10.7. The van der Waals surface area contributed by atoms with Gasteiger partial charge in [-0.2, -0.15) is 4.39 Å². The van der Waals surface area contributed by atoms with Crippen LogP contribution < -0.4 is 5.56 Å². The van der Waals surface area contributed by atoms with Crippen molar-refractivity contribution in [3.05, 3.63) is 64.1 Å². The highest BCUT2D eigenvalue weighted by atomic mass is 19.1. The molecule has 0 atom stereocenters. The minimum Gasteiger partial charge on any atom is -0.312 e. The summed E-state index contributed by atoms with van der Waals surface area (Å²) in [6, 6.07) is 6.12. The van der Waals surface area contributed by atoms with E-state index in [1.54, 1.807) is 22.9 Å². The Kier molecular flexibility index (Phi) is 3.76. The lowest BCUT2D eigenvalue weighted by Crippen LogP contribution is -2.20. The monoisotopic (exact) mass is 256 g/mol. The highest BCUT2D eigenvalue weighted by molar-refractivity contribution is 5.41. The molecule has 19 heavy (non-hydrogen) atoms. The summed E-state index contributed by atoms with van der Waals surface area (Å²) in [6.45, 7) is 3.85. The lowest BCUT2D eigenvalue weighted by molar-refractivity contribution is 0.577. The zero-order chi connectivity index (χ0) is 13.8. The maximum absolute atomic E-state index is 12.9. The Balaban J connectivity index is 2.35. The summed E-state index contributed by atoms with van der Waals surface area (Å²) in [6.07, 6.45) is 3.08. The molecule has 2 heterocycles. The standard InChI is InChI=1S/C15H13FN2O/c1-11(2)18-10-13(5-6-15(18)19)4-3-12-7-8-17-14(16)9-12/h5-11H,1-2H3. The van der Waals surface area contributed by atoms with Gasteiger partial charge >= 0.3 is 0 Å². The van der Waals surface area contributed by atoms with Gasteiger partial charge in [0.2, 0.25) is 5.95 Å². The van der Waals surface area contributed by atoms with Crippen LogP contribution in [-0.2, 0) is 0 Å². The van der Waals surface area contributed by atoms with Crippen molar-refractivity contribution in [3.63, 3.8) is 0 Å². The highest BCUT2D eigenvalue weighted by Gasteiger charge is 2.00. The number of pyridine rings is 2. The average Bonchev–Trinajstić information content (AvgIpc) is 2.37. The molecule has 0 saturated carbocycles. The van der Waals surface area contributed by atoms with Crippen LogP contribution in [0, 0.1) is 17.8 Å². The van der Waals surface area contributed by atoms with Gasteiger partial charge in [0.1, 0.15) is 0 Å². The molecular weight excluding hydrogens is 243 g/mol. The van der Waals surface area contributed by atoms with E-state index in [1.807, 2.05) is 13.8 Å². The topological polar surface area (TPSA) is 34.9 Å². The molecule has 3 nitrogen and oxygen atoms in total. The number of aromatic nitrogens is 2. The van der Waals surface area contributed by atoms with Gasteiger partial charge in [-0.1, -0.05) is 11.8 Å². The van der Waals surface area contributed by atoms with E-state index >= 15 is 0 Å². The van der Waals surface area contributed by atoms with Crippen LogP contribution in [0.4, 0.5) is 4.39 Å². The summed E-state index contributed by atoms with van der Waals surface area (Å²) in [5.74, 6) is 5.19. The molecule has 2 aromatic heterocycles. The molecule has 0 N–H and O–H groups in total. The molecule has 0 aliphatic rings. The third-order valence-electron chi connectivity index (χ3n) is 2.57. The van der Waals surface area contributed by atoms with Crippen molar-refractivity contribution in [2.75, 3.05) is 0 Å². The van der Waals surface area contributed by atoms with Crippen LogP contribution in [0.2, 0.25) is 0 Å². The van der Waals surface area contributed by atoms with Crippen LogP contribution in [0.25, 0.3) is 0 Å². The fourth-order valence-corrected chi connectivity index (χ4v) is 1.61. The molecule has 0 aliphatic heterocycles. The molecule has 0 spiro atoms. The SMILES string of the molecule is CC(C)n1cc(C#Cc2ccnc(F)c2)ccc1=O. The third-order valence-corrected chi connectivity index (χ3v) is 2.57. The Labute approximate surface area is 110 Å². The summed E-state index contributed by atoms with van der Waals surface area (Å²) >= 11 is 0. The Bertz CT molecular complexity index is 708. The quantitative estimate of drug-likeness (QED) is 0.580. The predicted molar refractivity (Wildman–Crippen MR) is 71.3 cm³/mol. The van der Waals surface area contributed by atoms with E-state index in [9.17, 15) is 9.18 Å². The van der Waals surface area contributed by atoms with Crippen LogP contribution in [0.5, 0.6) is 0 Å². The summed E-state index contributed by atoms with van der Waals surface area (Å²) in [4.78, 5) is 15.1. The van der Waals surface area contributed by atoms with E-state index in [4.69, 9.17) is 0 Å². The molecule has 0 aliphatic carbocycles. The van der Waals surface area contributed by atoms with Crippen LogP contribution in [0.3, 0.4) is 0 Å². The number of hydrogen-bond donors (Lipinski definition) is 0. The summed E-state index contributed by atoms with van der Waals surface area (Å²) in [5.41, 5.74) is 1.20. The highest BCUT2D eigenvalue weighted by Crippen LogP contribution is 2.03. The van der Waals surface area contributed by atoms with Gasteiger partial charge < -0.3 is 4.57 Å². The molecule has 4 heteroatoms. The molecule has 0 amide bonds. The zero-order valence-corrected chi connectivity index (χ0v) is 10.7. The first-order valence-electron chi connectivity index (χ1n) is 5.92. The minimum atomic E-state index is -0.557. The van der Waals surface area contributed by atoms with Gasteiger partial charge in [0.05, 0.1) is 0 Å². The van der Waals surface area contributed by atoms with Crippen molar-refractivity contribution in [1.29, 1.82) is 0 Å². The number of nitrogens with zero attached hydrogens (tertiary/aromatic N) is 2. The number of hydrogen-bond acceptors (Lipinski definition) is 2. The van der Waals surface area contributed by atoms with Gasteiger partial charge in [-0.05, 0) is 26.0 Å². The fourth-order valence-electron chi connectivity index (χ4n) is 1.61. The normalized spacial score (nSPS) is 10.1. The lowest BCUT2D eigenvalue weighted by Gasteiger charge is -2.08. The van der Waals surface area contributed by atoms with Gasteiger partial charge in [-0.25, -0.2) is 4.98 Å². The lowest BCUT2D eigenvalue weighted by atomic mass is 10.2. The molecule has 0 radical (unpaired) electrons. The van der Waals surface area contributed by atoms with Crippen LogP contribution >= 0.6 is 0 Å². The molecule has 0 bridgehead atoms. The molecule has 2 aromatic rings. The van der Waals surface area contributed by atoms with Gasteiger partial charge in [0.15, 0.2) is 0 Å². The molecule has 0 unspecified atom stereocenters. The largest absolute Gasteiger partial charge is 0.312 e. The number of rotatable bonds is 1. The number of halogens is 1. The third kappa shape index (κ3) is 3.29. The van der Waals surface area contributed by atoms with E-state index in [1.165, 1.54) is 18.3 Å². The first kappa shape index (κ1) is 13.0. The Morgan fingerprint density at radius 1 is 1.21 bits per heavy atom. The van der Waals surface area contributed by atoms with Crippen LogP contribution in [0.1, 0.15) is 31.0 Å². The van der Waals surface area contributed by atoms with Crippen molar-refractivity contribution in [2.45, 2.75) is 19.9 Å². The van der Waals surface area contributed by atoms with E-state index < -0.39 is 5.95 Å². The maximum atomic E-state index is 12.9.